The normalized spacial score (nSPS) is 18.1. The molecule has 1 aliphatic heterocycles. The van der Waals surface area contributed by atoms with Crippen molar-refractivity contribution in [1.29, 1.82) is 0 Å². The number of hydrogen-bond acceptors (Lipinski definition) is 1. The molecule has 58 valence electrons. The first-order chi connectivity index (χ1) is 5.43. The van der Waals surface area contributed by atoms with Gasteiger partial charge in [0.15, 0.2) is 0 Å². The summed E-state index contributed by atoms with van der Waals surface area (Å²) in [5, 5.41) is 0. The van der Waals surface area contributed by atoms with Gasteiger partial charge in [-0.05, 0) is 25.3 Å². The third-order valence-electron chi connectivity index (χ3n) is 1.52. The van der Waals surface area contributed by atoms with E-state index in [0.717, 1.165) is 12.8 Å². The Labute approximate surface area is 67.8 Å². The van der Waals surface area contributed by atoms with Crippen molar-refractivity contribution in [1.82, 2.24) is 0 Å². The SMILES string of the molecule is C/C=C\C=C/C1=CN=CCC1. The smallest absolute Gasteiger partial charge is 0.0296 e. The zero-order valence-corrected chi connectivity index (χ0v) is 6.83. The first kappa shape index (κ1) is 7.99. The highest BCUT2D eigenvalue weighted by molar-refractivity contribution is 5.60. The highest BCUT2D eigenvalue weighted by atomic mass is 14.7. The number of aliphatic imine (C=N–C) groups is 1. The van der Waals surface area contributed by atoms with Crippen molar-refractivity contribution in [2.45, 2.75) is 19.8 Å². The zero-order valence-electron chi connectivity index (χ0n) is 6.83. The van der Waals surface area contributed by atoms with Crippen LogP contribution in [-0.2, 0) is 0 Å². The molecular formula is C10H13N. The van der Waals surface area contributed by atoms with E-state index in [9.17, 15) is 0 Å². The van der Waals surface area contributed by atoms with E-state index in [1.807, 2.05) is 37.6 Å². The minimum absolute atomic E-state index is 1.08. The van der Waals surface area contributed by atoms with Crippen LogP contribution in [0.4, 0.5) is 0 Å². The van der Waals surface area contributed by atoms with Gasteiger partial charge in [0.05, 0.1) is 0 Å². The van der Waals surface area contributed by atoms with Gasteiger partial charge < -0.3 is 0 Å². The maximum absolute atomic E-state index is 4.07. The molecule has 0 aromatic carbocycles. The molecule has 0 radical (unpaired) electrons. The van der Waals surface area contributed by atoms with Crippen LogP contribution >= 0.6 is 0 Å². The standard InChI is InChI=1S/C10H13N/c1-2-3-4-6-10-7-5-8-11-9-10/h2-4,6,8-9H,5,7H2,1H3/b3-2-,6-4-. The molecule has 0 fully saturated rings. The van der Waals surface area contributed by atoms with Gasteiger partial charge >= 0.3 is 0 Å². The van der Waals surface area contributed by atoms with E-state index in [1.54, 1.807) is 0 Å². The Balaban J connectivity index is 2.47. The minimum Gasteiger partial charge on any atom is -0.269 e. The summed E-state index contributed by atoms with van der Waals surface area (Å²) in [4.78, 5) is 4.07. The molecule has 1 rings (SSSR count). The van der Waals surface area contributed by atoms with Crippen LogP contribution in [0, 0.1) is 0 Å². The van der Waals surface area contributed by atoms with Gasteiger partial charge in [0.2, 0.25) is 0 Å². The van der Waals surface area contributed by atoms with Crippen LogP contribution in [0.5, 0.6) is 0 Å². The van der Waals surface area contributed by atoms with Crippen molar-refractivity contribution >= 4 is 6.21 Å². The second-order valence-electron chi connectivity index (χ2n) is 2.46. The molecule has 0 amide bonds. The Kier molecular flexibility index (Phi) is 3.39. The van der Waals surface area contributed by atoms with Crippen molar-refractivity contribution < 1.29 is 0 Å². The summed E-state index contributed by atoms with van der Waals surface area (Å²) >= 11 is 0. The molecule has 0 unspecified atom stereocenters. The van der Waals surface area contributed by atoms with E-state index < -0.39 is 0 Å². The molecule has 1 nitrogen and oxygen atoms in total. The molecule has 0 saturated heterocycles. The second kappa shape index (κ2) is 4.67. The van der Waals surface area contributed by atoms with Gasteiger partial charge in [-0.1, -0.05) is 24.3 Å². The molecular weight excluding hydrogens is 134 g/mol. The van der Waals surface area contributed by atoms with E-state index in [1.165, 1.54) is 5.57 Å². The second-order valence-corrected chi connectivity index (χ2v) is 2.46. The molecule has 0 spiro atoms. The lowest BCUT2D eigenvalue weighted by atomic mass is 10.1. The van der Waals surface area contributed by atoms with Gasteiger partial charge in [0, 0.05) is 12.4 Å². The third kappa shape index (κ3) is 2.99. The molecule has 0 bridgehead atoms. The molecule has 1 heteroatoms. The average molecular weight is 147 g/mol. The fourth-order valence-electron chi connectivity index (χ4n) is 0.935. The molecule has 0 atom stereocenters. The van der Waals surface area contributed by atoms with Crippen molar-refractivity contribution in [3.8, 4) is 0 Å². The molecule has 0 aliphatic carbocycles. The van der Waals surface area contributed by atoms with Gasteiger partial charge in [-0.15, -0.1) is 0 Å². The number of rotatable bonds is 2. The van der Waals surface area contributed by atoms with Crippen LogP contribution in [0.25, 0.3) is 0 Å². The Hall–Kier alpha value is -1.11. The Morgan fingerprint density at radius 3 is 3.00 bits per heavy atom. The van der Waals surface area contributed by atoms with Gasteiger partial charge in [0.25, 0.3) is 0 Å². The van der Waals surface area contributed by atoms with Crippen LogP contribution in [0.2, 0.25) is 0 Å². The van der Waals surface area contributed by atoms with E-state index in [4.69, 9.17) is 0 Å². The monoisotopic (exact) mass is 147 g/mol. The quantitative estimate of drug-likeness (QED) is 0.532. The van der Waals surface area contributed by atoms with Gasteiger partial charge in [-0.3, -0.25) is 4.99 Å². The van der Waals surface area contributed by atoms with E-state index in [-0.39, 0.29) is 0 Å². The lowest BCUT2D eigenvalue weighted by Crippen LogP contribution is -1.86. The van der Waals surface area contributed by atoms with Crippen LogP contribution < -0.4 is 0 Å². The van der Waals surface area contributed by atoms with Crippen LogP contribution in [0.1, 0.15) is 19.8 Å². The Bertz CT molecular complexity index is 219. The summed E-state index contributed by atoms with van der Waals surface area (Å²) in [6.07, 6.45) is 14.3. The largest absolute Gasteiger partial charge is 0.269 e. The lowest BCUT2D eigenvalue weighted by Gasteiger charge is -2.00. The summed E-state index contributed by atoms with van der Waals surface area (Å²) in [6, 6.07) is 0. The first-order valence-corrected chi connectivity index (χ1v) is 3.93. The Morgan fingerprint density at radius 2 is 2.36 bits per heavy atom. The van der Waals surface area contributed by atoms with Crippen LogP contribution in [0.3, 0.4) is 0 Å². The maximum atomic E-state index is 4.07. The first-order valence-electron chi connectivity index (χ1n) is 3.93. The molecule has 1 aliphatic rings. The number of allylic oxidation sites excluding steroid dienone is 5. The predicted molar refractivity (Wildman–Crippen MR) is 49.8 cm³/mol. The predicted octanol–water partition coefficient (Wildman–Crippen LogP) is 2.87. The van der Waals surface area contributed by atoms with E-state index in [0.29, 0.717) is 0 Å². The molecule has 0 aromatic heterocycles. The molecule has 11 heavy (non-hydrogen) atoms. The molecule has 0 aromatic rings. The van der Waals surface area contributed by atoms with E-state index >= 15 is 0 Å². The lowest BCUT2D eigenvalue weighted by molar-refractivity contribution is 1.03. The highest BCUT2D eigenvalue weighted by Crippen LogP contribution is 2.09. The fraction of sp³-hybridized carbons (Fsp3) is 0.300. The van der Waals surface area contributed by atoms with Crippen molar-refractivity contribution in [2.24, 2.45) is 4.99 Å². The molecule has 0 saturated carbocycles. The van der Waals surface area contributed by atoms with Crippen LogP contribution in [-0.4, -0.2) is 6.21 Å². The third-order valence-corrected chi connectivity index (χ3v) is 1.52. The van der Waals surface area contributed by atoms with Gasteiger partial charge in [-0.2, -0.15) is 0 Å². The molecule has 0 N–H and O–H groups in total. The van der Waals surface area contributed by atoms with Gasteiger partial charge in [-0.25, -0.2) is 0 Å². The average Bonchev–Trinajstić information content (AvgIpc) is 2.07. The zero-order chi connectivity index (χ0) is 7.94. The summed E-state index contributed by atoms with van der Waals surface area (Å²) in [5.41, 5.74) is 1.31. The summed E-state index contributed by atoms with van der Waals surface area (Å²) in [6.45, 7) is 2.01. The van der Waals surface area contributed by atoms with Crippen molar-refractivity contribution in [3.05, 3.63) is 36.1 Å². The number of nitrogens with zero attached hydrogens (tertiary/aromatic N) is 1. The maximum Gasteiger partial charge on any atom is 0.0296 e. The van der Waals surface area contributed by atoms with Crippen LogP contribution in [0.15, 0.2) is 41.1 Å². The van der Waals surface area contributed by atoms with E-state index in [2.05, 4.69) is 11.1 Å². The fourth-order valence-corrected chi connectivity index (χ4v) is 0.935. The summed E-state index contributed by atoms with van der Waals surface area (Å²) in [7, 11) is 0. The Morgan fingerprint density at radius 1 is 1.45 bits per heavy atom. The van der Waals surface area contributed by atoms with Crippen molar-refractivity contribution in [2.75, 3.05) is 0 Å². The summed E-state index contributed by atoms with van der Waals surface area (Å²) in [5.74, 6) is 0. The molecule has 1 heterocycles. The summed E-state index contributed by atoms with van der Waals surface area (Å²) < 4.78 is 0. The number of hydrogen-bond donors (Lipinski definition) is 0. The highest BCUT2D eigenvalue weighted by Gasteiger charge is 1.93. The minimum atomic E-state index is 1.08. The van der Waals surface area contributed by atoms with Crippen molar-refractivity contribution in [3.63, 3.8) is 0 Å². The topological polar surface area (TPSA) is 12.4 Å². The van der Waals surface area contributed by atoms with Gasteiger partial charge in [0.1, 0.15) is 0 Å².